The summed E-state index contributed by atoms with van der Waals surface area (Å²) in [7, 11) is -3.61. The minimum absolute atomic E-state index is 0.287. The zero-order chi connectivity index (χ0) is 16.6. The lowest BCUT2D eigenvalue weighted by Gasteiger charge is -2.33. The van der Waals surface area contributed by atoms with Crippen LogP contribution in [0.4, 0.5) is 5.69 Å². The SMILES string of the molecule is CCc1ccc(S(=O)(=O)N2CCC(O)c3cc(C)ccc32)cc1. The average Bonchev–Trinajstić information content (AvgIpc) is 2.55. The molecule has 2 aromatic carbocycles. The Bertz CT molecular complexity index is 813. The Balaban J connectivity index is 2.05. The van der Waals surface area contributed by atoms with Crippen molar-refractivity contribution in [1.82, 2.24) is 0 Å². The van der Waals surface area contributed by atoms with E-state index in [1.807, 2.05) is 38.1 Å². The van der Waals surface area contributed by atoms with Crippen LogP contribution in [0.2, 0.25) is 0 Å². The van der Waals surface area contributed by atoms with Crippen molar-refractivity contribution in [1.29, 1.82) is 0 Å². The Kier molecular flexibility index (Phi) is 4.17. The molecule has 1 heterocycles. The molecule has 5 heteroatoms. The molecule has 0 bridgehead atoms. The minimum atomic E-state index is -3.61. The number of aryl methyl sites for hydroxylation is 2. The highest BCUT2D eigenvalue weighted by molar-refractivity contribution is 7.92. The van der Waals surface area contributed by atoms with Gasteiger partial charge in [0, 0.05) is 12.1 Å². The summed E-state index contributed by atoms with van der Waals surface area (Å²) in [5.74, 6) is 0. The molecule has 0 fully saturated rings. The number of rotatable bonds is 3. The summed E-state index contributed by atoms with van der Waals surface area (Å²) in [6.45, 7) is 4.26. The molecule has 0 spiro atoms. The highest BCUT2D eigenvalue weighted by Gasteiger charge is 2.32. The third-order valence-corrected chi connectivity index (χ3v) is 6.16. The van der Waals surface area contributed by atoms with Gasteiger partial charge in [-0.25, -0.2) is 8.42 Å². The van der Waals surface area contributed by atoms with E-state index in [1.54, 1.807) is 18.2 Å². The van der Waals surface area contributed by atoms with E-state index >= 15 is 0 Å². The molecule has 23 heavy (non-hydrogen) atoms. The van der Waals surface area contributed by atoms with Crippen LogP contribution < -0.4 is 4.31 Å². The molecule has 0 aromatic heterocycles. The first kappa shape index (κ1) is 16.0. The van der Waals surface area contributed by atoms with Crippen LogP contribution in [0.5, 0.6) is 0 Å². The van der Waals surface area contributed by atoms with Gasteiger partial charge in [0.2, 0.25) is 0 Å². The molecule has 1 aliphatic heterocycles. The van der Waals surface area contributed by atoms with Crippen LogP contribution in [0.1, 0.15) is 36.1 Å². The van der Waals surface area contributed by atoms with Crippen molar-refractivity contribution < 1.29 is 13.5 Å². The fourth-order valence-corrected chi connectivity index (χ4v) is 4.46. The molecular weight excluding hydrogens is 310 g/mol. The second-order valence-electron chi connectivity index (χ2n) is 5.94. The summed E-state index contributed by atoms with van der Waals surface area (Å²) in [5.41, 5.74) is 3.38. The van der Waals surface area contributed by atoms with Crippen LogP contribution >= 0.6 is 0 Å². The zero-order valence-electron chi connectivity index (χ0n) is 13.4. The van der Waals surface area contributed by atoms with Crippen molar-refractivity contribution in [2.75, 3.05) is 10.8 Å². The van der Waals surface area contributed by atoms with E-state index in [0.717, 1.165) is 17.5 Å². The van der Waals surface area contributed by atoms with Gasteiger partial charge in [-0.1, -0.05) is 36.8 Å². The molecule has 1 atom stereocenters. The van der Waals surface area contributed by atoms with Gasteiger partial charge in [0.05, 0.1) is 16.7 Å². The van der Waals surface area contributed by atoms with Gasteiger partial charge in [0.15, 0.2) is 0 Å². The third-order valence-electron chi connectivity index (χ3n) is 4.34. The lowest BCUT2D eigenvalue weighted by Crippen LogP contribution is -2.36. The first-order valence-corrected chi connectivity index (χ1v) is 9.28. The van der Waals surface area contributed by atoms with E-state index < -0.39 is 16.1 Å². The largest absolute Gasteiger partial charge is 0.388 e. The van der Waals surface area contributed by atoms with Gasteiger partial charge in [0.25, 0.3) is 10.0 Å². The van der Waals surface area contributed by atoms with Crippen LogP contribution in [0, 0.1) is 6.92 Å². The normalized spacial score (nSPS) is 17.9. The molecule has 0 saturated heterocycles. The first-order valence-electron chi connectivity index (χ1n) is 7.84. The molecule has 0 aliphatic carbocycles. The predicted molar refractivity (Wildman–Crippen MR) is 91.1 cm³/mol. The summed E-state index contributed by atoms with van der Waals surface area (Å²) < 4.78 is 27.4. The smallest absolute Gasteiger partial charge is 0.264 e. The number of hydrogen-bond donors (Lipinski definition) is 1. The fourth-order valence-electron chi connectivity index (χ4n) is 2.96. The molecule has 2 aromatic rings. The Hall–Kier alpha value is -1.85. The Morgan fingerprint density at radius 1 is 1.17 bits per heavy atom. The number of anilines is 1. The van der Waals surface area contributed by atoms with E-state index in [0.29, 0.717) is 17.7 Å². The number of sulfonamides is 1. The van der Waals surface area contributed by atoms with E-state index in [2.05, 4.69) is 0 Å². The summed E-state index contributed by atoms with van der Waals surface area (Å²) in [4.78, 5) is 0.289. The van der Waals surface area contributed by atoms with Crippen LogP contribution in [-0.2, 0) is 16.4 Å². The average molecular weight is 331 g/mol. The van der Waals surface area contributed by atoms with Gasteiger partial charge in [-0.15, -0.1) is 0 Å². The van der Waals surface area contributed by atoms with Gasteiger partial charge in [0.1, 0.15) is 0 Å². The number of nitrogens with zero attached hydrogens (tertiary/aromatic N) is 1. The topological polar surface area (TPSA) is 57.6 Å². The number of fused-ring (bicyclic) bond motifs is 1. The lowest BCUT2D eigenvalue weighted by molar-refractivity contribution is 0.166. The van der Waals surface area contributed by atoms with E-state index in [9.17, 15) is 13.5 Å². The fraction of sp³-hybridized carbons (Fsp3) is 0.333. The number of hydrogen-bond acceptors (Lipinski definition) is 3. The van der Waals surface area contributed by atoms with Gasteiger partial charge in [-0.3, -0.25) is 4.31 Å². The molecule has 1 aliphatic rings. The standard InChI is InChI=1S/C18H21NO3S/c1-3-14-5-7-15(8-6-14)23(21,22)19-11-10-18(20)16-12-13(2)4-9-17(16)19/h4-9,12,18,20H,3,10-11H2,1-2H3. The van der Waals surface area contributed by atoms with Gasteiger partial charge in [-0.05, 0) is 43.5 Å². The van der Waals surface area contributed by atoms with Crippen molar-refractivity contribution in [2.24, 2.45) is 0 Å². The van der Waals surface area contributed by atoms with Crippen LogP contribution in [0.15, 0.2) is 47.4 Å². The van der Waals surface area contributed by atoms with Gasteiger partial charge >= 0.3 is 0 Å². The van der Waals surface area contributed by atoms with Gasteiger partial charge < -0.3 is 5.11 Å². The molecule has 0 radical (unpaired) electrons. The molecule has 1 unspecified atom stereocenters. The Morgan fingerprint density at radius 2 is 1.87 bits per heavy atom. The number of aliphatic hydroxyl groups is 1. The first-order chi connectivity index (χ1) is 10.9. The van der Waals surface area contributed by atoms with Crippen LogP contribution in [0.25, 0.3) is 0 Å². The third kappa shape index (κ3) is 2.86. The summed E-state index contributed by atoms with van der Waals surface area (Å²) >= 11 is 0. The molecule has 0 saturated carbocycles. The second-order valence-corrected chi connectivity index (χ2v) is 7.80. The molecule has 1 N–H and O–H groups in total. The maximum atomic E-state index is 13.0. The molecule has 3 rings (SSSR count). The second kappa shape index (κ2) is 5.98. The highest BCUT2D eigenvalue weighted by atomic mass is 32.2. The molecule has 4 nitrogen and oxygen atoms in total. The summed E-state index contributed by atoms with van der Waals surface area (Å²) in [6, 6.07) is 12.5. The summed E-state index contributed by atoms with van der Waals surface area (Å²) in [6.07, 6.45) is 0.667. The van der Waals surface area contributed by atoms with E-state index in [1.165, 1.54) is 4.31 Å². The number of aliphatic hydroxyl groups excluding tert-OH is 1. The molecule has 122 valence electrons. The highest BCUT2D eigenvalue weighted by Crippen LogP contribution is 2.37. The van der Waals surface area contributed by atoms with Crippen LogP contribution in [-0.4, -0.2) is 20.1 Å². The Morgan fingerprint density at radius 3 is 2.52 bits per heavy atom. The molecular formula is C18H21NO3S. The zero-order valence-corrected chi connectivity index (χ0v) is 14.2. The van der Waals surface area contributed by atoms with Crippen molar-refractivity contribution >= 4 is 15.7 Å². The van der Waals surface area contributed by atoms with Crippen LogP contribution in [0.3, 0.4) is 0 Å². The van der Waals surface area contributed by atoms with E-state index in [-0.39, 0.29) is 11.4 Å². The van der Waals surface area contributed by atoms with Crippen molar-refractivity contribution in [2.45, 2.75) is 37.7 Å². The van der Waals surface area contributed by atoms with Crippen molar-refractivity contribution in [3.05, 3.63) is 59.2 Å². The van der Waals surface area contributed by atoms with Crippen molar-refractivity contribution in [3.63, 3.8) is 0 Å². The lowest BCUT2D eigenvalue weighted by atomic mass is 9.99. The monoisotopic (exact) mass is 331 g/mol. The maximum absolute atomic E-state index is 13.0. The molecule has 0 amide bonds. The van der Waals surface area contributed by atoms with Gasteiger partial charge in [-0.2, -0.15) is 0 Å². The summed E-state index contributed by atoms with van der Waals surface area (Å²) in [5, 5.41) is 10.2. The van der Waals surface area contributed by atoms with E-state index in [4.69, 9.17) is 0 Å². The Labute approximate surface area is 137 Å². The maximum Gasteiger partial charge on any atom is 0.264 e. The predicted octanol–water partition coefficient (Wildman–Crippen LogP) is 3.19. The number of benzene rings is 2. The quantitative estimate of drug-likeness (QED) is 0.940. The minimum Gasteiger partial charge on any atom is -0.388 e. The van der Waals surface area contributed by atoms with Crippen molar-refractivity contribution in [3.8, 4) is 0 Å².